The number of halogens is 3. The van der Waals surface area contributed by atoms with Crippen molar-refractivity contribution in [3.8, 4) is 0 Å². The van der Waals surface area contributed by atoms with E-state index in [0.29, 0.717) is 5.56 Å². The molecule has 3 nitrogen and oxygen atoms in total. The van der Waals surface area contributed by atoms with Gasteiger partial charge in [-0.25, -0.2) is 0 Å². The van der Waals surface area contributed by atoms with E-state index in [1.165, 1.54) is 17.1 Å². The highest BCUT2D eigenvalue weighted by molar-refractivity contribution is 5.06. The minimum Gasteiger partial charge on any atom is -0.320 e. The second-order valence-electron chi connectivity index (χ2n) is 2.87. The molecule has 0 aliphatic rings. The fourth-order valence-electron chi connectivity index (χ4n) is 0.947. The van der Waals surface area contributed by atoms with Gasteiger partial charge in [-0.05, 0) is 12.0 Å². The first-order chi connectivity index (χ1) is 5.89. The minimum atomic E-state index is -4.34. The summed E-state index contributed by atoms with van der Waals surface area (Å²) in [5, 5.41) is 3.75. The van der Waals surface area contributed by atoms with Crippen LogP contribution in [0.2, 0.25) is 0 Å². The number of hydrogen-bond donors (Lipinski definition) is 1. The van der Waals surface area contributed by atoms with Crippen molar-refractivity contribution < 1.29 is 13.2 Å². The summed E-state index contributed by atoms with van der Waals surface area (Å²) in [4.78, 5) is 0. The van der Waals surface area contributed by atoms with Crippen molar-refractivity contribution in [2.45, 2.75) is 18.6 Å². The third-order valence-electron chi connectivity index (χ3n) is 1.63. The molecule has 0 saturated heterocycles. The first-order valence-electron chi connectivity index (χ1n) is 3.69. The van der Waals surface area contributed by atoms with Crippen LogP contribution in [-0.2, 0) is 13.5 Å². The number of aromatic nitrogens is 2. The monoisotopic (exact) mass is 193 g/mol. The van der Waals surface area contributed by atoms with Gasteiger partial charge in [-0.3, -0.25) is 4.68 Å². The Morgan fingerprint density at radius 3 is 2.62 bits per heavy atom. The number of rotatable bonds is 2. The van der Waals surface area contributed by atoms with Crippen LogP contribution in [-0.4, -0.2) is 22.0 Å². The lowest BCUT2D eigenvalue weighted by Gasteiger charge is -2.13. The Morgan fingerprint density at radius 2 is 2.23 bits per heavy atom. The van der Waals surface area contributed by atoms with Gasteiger partial charge in [0.05, 0.1) is 6.20 Å². The molecule has 1 aromatic rings. The Labute approximate surface area is 73.3 Å². The molecular formula is C7H10F3N3. The highest BCUT2D eigenvalue weighted by Crippen LogP contribution is 2.20. The van der Waals surface area contributed by atoms with Crippen LogP contribution in [0.5, 0.6) is 0 Å². The van der Waals surface area contributed by atoms with E-state index in [2.05, 4.69) is 5.10 Å². The summed E-state index contributed by atoms with van der Waals surface area (Å²) in [5.41, 5.74) is 5.42. The van der Waals surface area contributed by atoms with Gasteiger partial charge in [0.15, 0.2) is 0 Å². The summed E-state index contributed by atoms with van der Waals surface area (Å²) in [6.07, 6.45) is -1.66. The molecule has 0 fully saturated rings. The molecule has 0 bridgehead atoms. The molecule has 0 spiro atoms. The highest BCUT2D eigenvalue weighted by Gasteiger charge is 2.36. The summed E-state index contributed by atoms with van der Waals surface area (Å²) in [6.45, 7) is 0. The van der Waals surface area contributed by atoms with Gasteiger partial charge in [-0.2, -0.15) is 18.3 Å². The molecule has 0 aliphatic carbocycles. The van der Waals surface area contributed by atoms with E-state index in [1.807, 2.05) is 0 Å². The average molecular weight is 193 g/mol. The number of nitrogens with two attached hydrogens (primary N) is 1. The molecule has 13 heavy (non-hydrogen) atoms. The first kappa shape index (κ1) is 10.0. The Morgan fingerprint density at radius 1 is 1.62 bits per heavy atom. The summed E-state index contributed by atoms with van der Waals surface area (Å²) in [7, 11) is 1.64. The van der Waals surface area contributed by atoms with E-state index < -0.39 is 12.2 Å². The summed E-state index contributed by atoms with van der Waals surface area (Å²) in [5.74, 6) is 0. The molecule has 1 rings (SSSR count). The Hall–Kier alpha value is -1.04. The third kappa shape index (κ3) is 2.73. The van der Waals surface area contributed by atoms with Crippen LogP contribution in [0.4, 0.5) is 13.2 Å². The highest BCUT2D eigenvalue weighted by atomic mass is 19.4. The molecule has 74 valence electrons. The van der Waals surface area contributed by atoms with Crippen LogP contribution in [0.3, 0.4) is 0 Å². The van der Waals surface area contributed by atoms with Gasteiger partial charge in [-0.1, -0.05) is 0 Å². The second-order valence-corrected chi connectivity index (χ2v) is 2.87. The van der Waals surface area contributed by atoms with Crippen molar-refractivity contribution in [3.05, 3.63) is 18.0 Å². The molecule has 1 unspecified atom stereocenters. The maximum atomic E-state index is 12.0. The van der Waals surface area contributed by atoms with Crippen molar-refractivity contribution in [2.24, 2.45) is 12.8 Å². The second kappa shape index (κ2) is 3.37. The Balaban J connectivity index is 2.60. The molecule has 0 aliphatic heterocycles. The molecule has 1 atom stereocenters. The summed E-state index contributed by atoms with van der Waals surface area (Å²) in [6, 6.07) is -1.81. The lowest BCUT2D eigenvalue weighted by Crippen LogP contribution is -2.38. The van der Waals surface area contributed by atoms with Gasteiger partial charge in [0, 0.05) is 13.2 Å². The van der Waals surface area contributed by atoms with Gasteiger partial charge in [-0.15, -0.1) is 0 Å². The first-order valence-corrected chi connectivity index (χ1v) is 3.69. The molecule has 0 saturated carbocycles. The van der Waals surface area contributed by atoms with Crippen molar-refractivity contribution in [2.75, 3.05) is 0 Å². The molecular weight excluding hydrogens is 183 g/mol. The van der Waals surface area contributed by atoms with E-state index in [0.717, 1.165) is 0 Å². The van der Waals surface area contributed by atoms with Gasteiger partial charge in [0.2, 0.25) is 0 Å². The van der Waals surface area contributed by atoms with Gasteiger partial charge >= 0.3 is 6.18 Å². The Bertz CT molecular complexity index is 279. The number of aryl methyl sites for hydroxylation is 1. The molecule has 1 heterocycles. The molecule has 0 aromatic carbocycles. The van der Waals surface area contributed by atoms with Gasteiger partial charge < -0.3 is 5.73 Å². The molecule has 2 N–H and O–H groups in total. The fraction of sp³-hybridized carbons (Fsp3) is 0.571. The fourth-order valence-corrected chi connectivity index (χ4v) is 0.947. The van der Waals surface area contributed by atoms with Crippen LogP contribution < -0.4 is 5.73 Å². The maximum Gasteiger partial charge on any atom is 0.403 e. The topological polar surface area (TPSA) is 43.8 Å². The number of nitrogens with zero attached hydrogens (tertiary/aromatic N) is 2. The van der Waals surface area contributed by atoms with Crippen LogP contribution in [0.15, 0.2) is 12.4 Å². The van der Waals surface area contributed by atoms with E-state index in [1.54, 1.807) is 7.05 Å². The summed E-state index contributed by atoms with van der Waals surface area (Å²) < 4.78 is 37.4. The predicted molar refractivity (Wildman–Crippen MR) is 40.9 cm³/mol. The zero-order valence-corrected chi connectivity index (χ0v) is 7.04. The number of alkyl halides is 3. The molecule has 0 amide bonds. The molecule has 1 aromatic heterocycles. The van der Waals surface area contributed by atoms with Crippen LogP contribution in [0.1, 0.15) is 5.56 Å². The van der Waals surface area contributed by atoms with Crippen LogP contribution in [0.25, 0.3) is 0 Å². The molecule has 0 radical (unpaired) electrons. The van der Waals surface area contributed by atoms with Gasteiger partial charge in [0.1, 0.15) is 6.04 Å². The molecule has 6 heteroatoms. The van der Waals surface area contributed by atoms with E-state index in [4.69, 9.17) is 5.73 Å². The number of hydrogen-bond acceptors (Lipinski definition) is 2. The predicted octanol–water partition coefficient (Wildman–Crippen LogP) is 0.852. The SMILES string of the molecule is Cn1cc(CC(N)C(F)(F)F)cn1. The van der Waals surface area contributed by atoms with Crippen molar-refractivity contribution >= 4 is 0 Å². The maximum absolute atomic E-state index is 12.0. The zero-order chi connectivity index (χ0) is 10.1. The van der Waals surface area contributed by atoms with E-state index in [-0.39, 0.29) is 6.42 Å². The van der Waals surface area contributed by atoms with Crippen LogP contribution in [0, 0.1) is 0 Å². The third-order valence-corrected chi connectivity index (χ3v) is 1.63. The standard InChI is InChI=1S/C7H10F3N3/c1-13-4-5(3-12-13)2-6(11)7(8,9)10/h3-4,6H,2,11H2,1H3. The van der Waals surface area contributed by atoms with Crippen molar-refractivity contribution in [3.63, 3.8) is 0 Å². The minimum absolute atomic E-state index is 0.225. The van der Waals surface area contributed by atoms with Crippen LogP contribution >= 0.6 is 0 Å². The average Bonchev–Trinajstić information content (AvgIpc) is 2.33. The lowest BCUT2D eigenvalue weighted by atomic mass is 10.1. The van der Waals surface area contributed by atoms with Crippen molar-refractivity contribution in [1.29, 1.82) is 0 Å². The van der Waals surface area contributed by atoms with E-state index >= 15 is 0 Å². The quantitative estimate of drug-likeness (QED) is 0.756. The smallest absolute Gasteiger partial charge is 0.320 e. The normalized spacial score (nSPS) is 14.5. The summed E-state index contributed by atoms with van der Waals surface area (Å²) >= 11 is 0. The van der Waals surface area contributed by atoms with Crippen molar-refractivity contribution in [1.82, 2.24) is 9.78 Å². The van der Waals surface area contributed by atoms with Gasteiger partial charge in [0.25, 0.3) is 0 Å². The lowest BCUT2D eigenvalue weighted by molar-refractivity contribution is -0.147. The largest absolute Gasteiger partial charge is 0.403 e. The van der Waals surface area contributed by atoms with E-state index in [9.17, 15) is 13.2 Å². The zero-order valence-electron chi connectivity index (χ0n) is 7.04. The Kier molecular flexibility index (Phi) is 2.60.